The van der Waals surface area contributed by atoms with Crippen molar-refractivity contribution in [2.75, 3.05) is 4.90 Å². The van der Waals surface area contributed by atoms with Gasteiger partial charge in [0.1, 0.15) is 0 Å². The van der Waals surface area contributed by atoms with Gasteiger partial charge < -0.3 is 4.90 Å². The van der Waals surface area contributed by atoms with Gasteiger partial charge in [0.25, 0.3) is 0 Å². The second-order valence-electron chi connectivity index (χ2n) is 12.6. The number of nitrogens with zero attached hydrogens (tertiary/aromatic N) is 4. The van der Waals surface area contributed by atoms with Crippen LogP contribution in [-0.2, 0) is 0 Å². The fourth-order valence-electron chi connectivity index (χ4n) is 7.57. The van der Waals surface area contributed by atoms with Gasteiger partial charge in [-0.25, -0.2) is 9.97 Å². The molecule has 0 amide bonds. The Kier molecular flexibility index (Phi) is 6.46. The molecule has 0 saturated carbocycles. The number of para-hydroxylation sites is 3. The molecule has 2 aromatic heterocycles. The SMILES string of the molecule is c1ccc(-c2cc(-c3ccccc3)nc(-n3c4ccccc4c4ccc5c(c43)-c3ccccc3-c3ccccc3N5c3ccccc3)n2)cc1. The summed E-state index contributed by atoms with van der Waals surface area (Å²) >= 11 is 0. The molecule has 4 heteroatoms. The largest absolute Gasteiger partial charge is 0.309 e. The van der Waals surface area contributed by atoms with Crippen LogP contribution in [0.5, 0.6) is 0 Å². The van der Waals surface area contributed by atoms with Crippen molar-refractivity contribution in [1.82, 2.24) is 14.5 Å². The molecule has 0 N–H and O–H groups in total. The predicted molar refractivity (Wildman–Crippen MR) is 206 cm³/mol. The summed E-state index contributed by atoms with van der Waals surface area (Å²) in [5.74, 6) is 0.635. The topological polar surface area (TPSA) is 34.0 Å². The van der Waals surface area contributed by atoms with Gasteiger partial charge in [0, 0.05) is 38.7 Å². The van der Waals surface area contributed by atoms with Gasteiger partial charge in [-0.1, -0.05) is 146 Å². The van der Waals surface area contributed by atoms with Crippen molar-refractivity contribution < 1.29 is 0 Å². The zero-order chi connectivity index (χ0) is 33.0. The lowest BCUT2D eigenvalue weighted by Gasteiger charge is -2.27. The Balaban J connectivity index is 1.37. The Hall–Kier alpha value is -6.78. The maximum atomic E-state index is 5.36. The first-order valence-electron chi connectivity index (χ1n) is 16.9. The molecule has 0 fully saturated rings. The average molecular weight is 639 g/mol. The molecule has 234 valence electrons. The van der Waals surface area contributed by atoms with Gasteiger partial charge in [-0.15, -0.1) is 0 Å². The molecule has 0 radical (unpaired) electrons. The van der Waals surface area contributed by atoms with Gasteiger partial charge in [0.05, 0.1) is 33.8 Å². The normalized spacial score (nSPS) is 12.0. The third-order valence-corrected chi connectivity index (χ3v) is 9.75. The lowest BCUT2D eigenvalue weighted by Crippen LogP contribution is -2.11. The number of hydrogen-bond donors (Lipinski definition) is 0. The summed E-state index contributed by atoms with van der Waals surface area (Å²) in [5, 5.41) is 2.31. The minimum absolute atomic E-state index is 0.635. The van der Waals surface area contributed by atoms with E-state index in [1.54, 1.807) is 0 Å². The molecule has 0 spiro atoms. The number of anilines is 3. The van der Waals surface area contributed by atoms with Gasteiger partial charge in [-0.2, -0.15) is 0 Å². The second kappa shape index (κ2) is 11.4. The molecule has 1 aliphatic rings. The van der Waals surface area contributed by atoms with Crippen molar-refractivity contribution in [1.29, 1.82) is 0 Å². The first-order chi connectivity index (χ1) is 24.8. The summed E-state index contributed by atoms with van der Waals surface area (Å²) in [4.78, 5) is 13.1. The number of fused-ring (bicyclic) bond motifs is 9. The molecule has 10 rings (SSSR count). The van der Waals surface area contributed by atoms with Crippen molar-refractivity contribution in [3.8, 4) is 50.7 Å². The molecule has 4 nitrogen and oxygen atoms in total. The van der Waals surface area contributed by atoms with E-state index in [9.17, 15) is 0 Å². The van der Waals surface area contributed by atoms with E-state index in [1.807, 2.05) is 12.1 Å². The first-order valence-corrected chi connectivity index (χ1v) is 16.9. The van der Waals surface area contributed by atoms with Crippen LogP contribution in [0.25, 0.3) is 72.5 Å². The summed E-state index contributed by atoms with van der Waals surface area (Å²) < 4.78 is 2.29. The van der Waals surface area contributed by atoms with Crippen molar-refractivity contribution >= 4 is 38.9 Å². The molecule has 0 aliphatic carbocycles. The van der Waals surface area contributed by atoms with Crippen LogP contribution in [0.15, 0.2) is 182 Å². The van der Waals surface area contributed by atoms with Gasteiger partial charge in [0.2, 0.25) is 5.95 Å². The van der Waals surface area contributed by atoms with E-state index < -0.39 is 0 Å². The van der Waals surface area contributed by atoms with Crippen LogP contribution in [-0.4, -0.2) is 14.5 Å². The Bertz CT molecular complexity index is 2640. The molecule has 0 bridgehead atoms. The van der Waals surface area contributed by atoms with Gasteiger partial charge in [-0.05, 0) is 47.5 Å². The Morgan fingerprint density at radius 2 is 0.960 bits per heavy atom. The van der Waals surface area contributed by atoms with E-state index in [0.717, 1.165) is 66.9 Å². The molecule has 7 aromatic carbocycles. The zero-order valence-corrected chi connectivity index (χ0v) is 27.1. The molecule has 1 aliphatic heterocycles. The van der Waals surface area contributed by atoms with Crippen LogP contribution in [0, 0.1) is 0 Å². The molecular formula is C46H30N4. The lowest BCUT2D eigenvalue weighted by molar-refractivity contribution is 0.996. The van der Waals surface area contributed by atoms with E-state index >= 15 is 0 Å². The monoisotopic (exact) mass is 638 g/mol. The fourth-order valence-corrected chi connectivity index (χ4v) is 7.57. The van der Waals surface area contributed by atoms with Crippen molar-refractivity contribution in [3.05, 3.63) is 182 Å². The number of aromatic nitrogens is 3. The van der Waals surface area contributed by atoms with Crippen LogP contribution in [0.4, 0.5) is 17.1 Å². The number of rotatable bonds is 4. The van der Waals surface area contributed by atoms with Gasteiger partial charge in [0.15, 0.2) is 0 Å². The maximum absolute atomic E-state index is 5.36. The number of hydrogen-bond acceptors (Lipinski definition) is 3. The second-order valence-corrected chi connectivity index (χ2v) is 12.6. The molecule has 0 unspecified atom stereocenters. The first kappa shape index (κ1) is 28.3. The molecule has 0 saturated heterocycles. The minimum Gasteiger partial charge on any atom is -0.309 e. The molecular weight excluding hydrogens is 609 g/mol. The highest BCUT2D eigenvalue weighted by molar-refractivity contribution is 6.19. The third-order valence-electron chi connectivity index (χ3n) is 9.75. The predicted octanol–water partition coefficient (Wildman–Crippen LogP) is 12.0. The van der Waals surface area contributed by atoms with E-state index in [4.69, 9.17) is 9.97 Å². The van der Waals surface area contributed by atoms with Crippen LogP contribution >= 0.6 is 0 Å². The molecule has 3 heterocycles. The Labute approximate surface area is 290 Å². The fraction of sp³-hybridized carbons (Fsp3) is 0. The lowest BCUT2D eigenvalue weighted by atomic mass is 9.93. The van der Waals surface area contributed by atoms with E-state index in [2.05, 4.69) is 179 Å². The highest BCUT2D eigenvalue weighted by Crippen LogP contribution is 2.53. The average Bonchev–Trinajstić information content (AvgIpc) is 3.47. The van der Waals surface area contributed by atoms with E-state index in [-0.39, 0.29) is 0 Å². The summed E-state index contributed by atoms with van der Waals surface area (Å²) in [5.41, 5.74) is 14.0. The maximum Gasteiger partial charge on any atom is 0.235 e. The highest BCUT2D eigenvalue weighted by atomic mass is 15.2. The van der Waals surface area contributed by atoms with Gasteiger partial charge >= 0.3 is 0 Å². The summed E-state index contributed by atoms with van der Waals surface area (Å²) in [6.45, 7) is 0. The zero-order valence-electron chi connectivity index (χ0n) is 27.1. The van der Waals surface area contributed by atoms with Crippen LogP contribution in [0.2, 0.25) is 0 Å². The van der Waals surface area contributed by atoms with E-state index in [1.165, 1.54) is 16.7 Å². The van der Waals surface area contributed by atoms with Crippen molar-refractivity contribution in [2.24, 2.45) is 0 Å². The van der Waals surface area contributed by atoms with Gasteiger partial charge in [-0.3, -0.25) is 4.57 Å². The quantitative estimate of drug-likeness (QED) is 0.192. The number of benzene rings is 7. The smallest absolute Gasteiger partial charge is 0.235 e. The highest BCUT2D eigenvalue weighted by Gasteiger charge is 2.30. The van der Waals surface area contributed by atoms with Crippen LogP contribution in [0.3, 0.4) is 0 Å². The Morgan fingerprint density at radius 3 is 1.66 bits per heavy atom. The summed E-state index contributed by atoms with van der Waals surface area (Å²) in [6.07, 6.45) is 0. The minimum atomic E-state index is 0.635. The standard InChI is InChI=1S/C46H30N4/c1-4-16-31(17-5-1)39-30-40(32-18-6-2-7-19-32)48-46(47-39)50-42-27-15-13-24-36(42)38-28-29-43-44(45(38)50)37-25-11-10-22-34(37)35-23-12-14-26-41(35)49(43)33-20-8-3-9-21-33/h1-30H. The van der Waals surface area contributed by atoms with Crippen molar-refractivity contribution in [2.45, 2.75) is 0 Å². The third kappa shape index (κ3) is 4.39. The molecule has 0 atom stereocenters. The summed E-state index contributed by atoms with van der Waals surface area (Å²) in [7, 11) is 0. The Morgan fingerprint density at radius 1 is 0.400 bits per heavy atom. The van der Waals surface area contributed by atoms with Crippen LogP contribution in [0.1, 0.15) is 0 Å². The van der Waals surface area contributed by atoms with Crippen LogP contribution < -0.4 is 4.90 Å². The summed E-state index contributed by atoms with van der Waals surface area (Å²) in [6, 6.07) is 64.3. The molecule has 50 heavy (non-hydrogen) atoms. The van der Waals surface area contributed by atoms with Crippen molar-refractivity contribution in [3.63, 3.8) is 0 Å². The van der Waals surface area contributed by atoms with E-state index in [0.29, 0.717) is 5.95 Å². The molecule has 9 aromatic rings.